The quantitative estimate of drug-likeness (QED) is 0.705. The lowest BCUT2D eigenvalue weighted by Crippen LogP contribution is -2.49. The van der Waals surface area contributed by atoms with Crippen LogP contribution in [-0.4, -0.2) is 53.1 Å². The van der Waals surface area contributed by atoms with E-state index in [9.17, 15) is 9.18 Å². The molecule has 4 rings (SSSR count). The smallest absolute Gasteiger partial charge is 0.238 e. The van der Waals surface area contributed by atoms with Gasteiger partial charge in [0, 0.05) is 44.3 Å². The number of carbonyl (C=O) groups is 1. The molecule has 0 atom stereocenters. The Hall–Kier alpha value is -3.19. The van der Waals surface area contributed by atoms with Gasteiger partial charge in [-0.1, -0.05) is 18.2 Å². The van der Waals surface area contributed by atoms with Crippen molar-refractivity contribution in [2.24, 2.45) is 0 Å². The number of rotatable bonds is 5. The molecule has 2 heterocycles. The fraction of sp³-hybridized carbons (Fsp3) is 0.304. The van der Waals surface area contributed by atoms with Crippen LogP contribution in [0.2, 0.25) is 0 Å². The average molecular weight is 407 g/mol. The first kappa shape index (κ1) is 20.1. The van der Waals surface area contributed by atoms with Crippen LogP contribution in [0.4, 0.5) is 16.0 Å². The van der Waals surface area contributed by atoms with E-state index in [0.717, 1.165) is 48.9 Å². The Morgan fingerprint density at radius 2 is 1.77 bits per heavy atom. The van der Waals surface area contributed by atoms with E-state index < -0.39 is 0 Å². The molecule has 2 aromatic carbocycles. The number of imidazole rings is 1. The standard InChI is InChI=1S/C23H26FN5O/c1-17-13-18(2)15-19(14-17)26-22(30)16-27-9-11-28(12-10-27)23-25-7-8-29(23)21-6-4-3-5-20(21)24/h3-8,13-15H,9-12,16H2,1-2H3,(H,26,30). The van der Waals surface area contributed by atoms with Crippen LogP contribution in [0.1, 0.15) is 11.1 Å². The summed E-state index contributed by atoms with van der Waals surface area (Å²) in [5.41, 5.74) is 3.58. The Kier molecular flexibility index (Phi) is 5.81. The summed E-state index contributed by atoms with van der Waals surface area (Å²) in [6, 6.07) is 12.7. The molecule has 1 aliphatic heterocycles. The first-order valence-corrected chi connectivity index (χ1v) is 10.1. The maximum Gasteiger partial charge on any atom is 0.238 e. The average Bonchev–Trinajstić information content (AvgIpc) is 3.17. The third-order valence-corrected chi connectivity index (χ3v) is 5.26. The van der Waals surface area contributed by atoms with E-state index in [-0.39, 0.29) is 11.7 Å². The largest absolute Gasteiger partial charge is 0.339 e. The molecule has 1 N–H and O–H groups in total. The predicted octanol–water partition coefficient (Wildman–Crippen LogP) is 3.39. The van der Waals surface area contributed by atoms with Crippen LogP contribution in [0.5, 0.6) is 0 Å². The number of aromatic nitrogens is 2. The number of nitrogens with zero attached hydrogens (tertiary/aromatic N) is 4. The van der Waals surface area contributed by atoms with E-state index in [1.807, 2.05) is 32.0 Å². The minimum absolute atomic E-state index is 0.0127. The summed E-state index contributed by atoms with van der Waals surface area (Å²) in [5, 5.41) is 2.99. The van der Waals surface area contributed by atoms with Gasteiger partial charge in [-0.15, -0.1) is 0 Å². The number of piperazine rings is 1. The molecule has 0 saturated carbocycles. The molecule has 0 aliphatic carbocycles. The molecule has 30 heavy (non-hydrogen) atoms. The number of benzene rings is 2. The highest BCUT2D eigenvalue weighted by Crippen LogP contribution is 2.22. The summed E-state index contributed by atoms with van der Waals surface area (Å²) in [4.78, 5) is 21.2. The number of hydrogen-bond donors (Lipinski definition) is 1. The molecular formula is C23H26FN5O. The third-order valence-electron chi connectivity index (χ3n) is 5.26. The van der Waals surface area contributed by atoms with Crippen LogP contribution in [0.3, 0.4) is 0 Å². The Labute approximate surface area is 175 Å². The zero-order valence-electron chi connectivity index (χ0n) is 17.3. The Morgan fingerprint density at radius 3 is 2.47 bits per heavy atom. The molecule has 0 unspecified atom stereocenters. The van der Waals surface area contributed by atoms with Gasteiger partial charge in [-0.3, -0.25) is 14.3 Å². The van der Waals surface area contributed by atoms with Crippen LogP contribution in [0, 0.1) is 19.7 Å². The van der Waals surface area contributed by atoms with Crippen molar-refractivity contribution in [3.05, 3.63) is 71.8 Å². The van der Waals surface area contributed by atoms with E-state index in [1.54, 1.807) is 29.1 Å². The van der Waals surface area contributed by atoms with Gasteiger partial charge in [-0.25, -0.2) is 9.37 Å². The summed E-state index contributed by atoms with van der Waals surface area (Å²) < 4.78 is 16.0. The van der Waals surface area contributed by atoms with Crippen LogP contribution in [-0.2, 0) is 4.79 Å². The molecule has 1 saturated heterocycles. The molecule has 0 radical (unpaired) electrons. The highest BCUT2D eigenvalue weighted by Gasteiger charge is 2.23. The van der Waals surface area contributed by atoms with Crippen LogP contribution < -0.4 is 10.2 Å². The highest BCUT2D eigenvalue weighted by molar-refractivity contribution is 5.92. The minimum Gasteiger partial charge on any atom is -0.339 e. The predicted molar refractivity (Wildman–Crippen MR) is 117 cm³/mol. The van der Waals surface area contributed by atoms with Crippen molar-refractivity contribution < 1.29 is 9.18 Å². The molecule has 1 aliphatic rings. The molecule has 6 nitrogen and oxygen atoms in total. The van der Waals surface area contributed by atoms with Gasteiger partial charge < -0.3 is 10.2 Å². The van der Waals surface area contributed by atoms with Crippen molar-refractivity contribution in [3.8, 4) is 5.69 Å². The number of nitrogens with one attached hydrogen (secondary N) is 1. The molecule has 156 valence electrons. The third kappa shape index (κ3) is 4.52. The van der Waals surface area contributed by atoms with Crippen LogP contribution in [0.15, 0.2) is 54.9 Å². The second-order valence-electron chi connectivity index (χ2n) is 7.74. The number of anilines is 2. The van der Waals surface area contributed by atoms with Crippen LogP contribution >= 0.6 is 0 Å². The second-order valence-corrected chi connectivity index (χ2v) is 7.74. The van der Waals surface area contributed by atoms with E-state index in [4.69, 9.17) is 0 Å². The monoisotopic (exact) mass is 407 g/mol. The van der Waals surface area contributed by atoms with Crippen LogP contribution in [0.25, 0.3) is 5.69 Å². The van der Waals surface area contributed by atoms with Gasteiger partial charge in [0.2, 0.25) is 11.9 Å². The van der Waals surface area contributed by atoms with E-state index in [0.29, 0.717) is 12.2 Å². The number of para-hydroxylation sites is 1. The van der Waals surface area contributed by atoms with Crippen molar-refractivity contribution in [3.63, 3.8) is 0 Å². The maximum absolute atomic E-state index is 14.2. The Balaban J connectivity index is 1.35. The van der Waals surface area contributed by atoms with Gasteiger partial charge in [0.15, 0.2) is 0 Å². The lowest BCUT2D eigenvalue weighted by Gasteiger charge is -2.35. The lowest BCUT2D eigenvalue weighted by atomic mass is 10.1. The molecule has 0 spiro atoms. The molecular weight excluding hydrogens is 381 g/mol. The van der Waals surface area contributed by atoms with Gasteiger partial charge in [-0.2, -0.15) is 0 Å². The molecule has 7 heteroatoms. The maximum atomic E-state index is 14.2. The number of hydrogen-bond acceptors (Lipinski definition) is 4. The second kappa shape index (κ2) is 8.67. The zero-order valence-corrected chi connectivity index (χ0v) is 17.3. The number of aryl methyl sites for hydroxylation is 2. The summed E-state index contributed by atoms with van der Waals surface area (Å²) in [6.07, 6.45) is 3.46. The number of halogens is 1. The fourth-order valence-electron chi connectivity index (χ4n) is 3.92. The Bertz CT molecular complexity index is 1020. The van der Waals surface area contributed by atoms with Gasteiger partial charge in [0.25, 0.3) is 0 Å². The van der Waals surface area contributed by atoms with E-state index >= 15 is 0 Å². The first-order valence-electron chi connectivity index (χ1n) is 10.1. The van der Waals surface area contributed by atoms with Crippen molar-refractivity contribution in [2.75, 3.05) is 42.9 Å². The number of amides is 1. The SMILES string of the molecule is Cc1cc(C)cc(NC(=O)CN2CCN(c3nccn3-c3ccccc3F)CC2)c1. The normalized spacial score (nSPS) is 14.7. The summed E-state index contributed by atoms with van der Waals surface area (Å²) in [5.74, 6) is 0.430. The van der Waals surface area contributed by atoms with Gasteiger partial charge in [-0.05, 0) is 49.2 Å². The Morgan fingerprint density at radius 1 is 1.07 bits per heavy atom. The first-order chi connectivity index (χ1) is 14.5. The van der Waals surface area contributed by atoms with Gasteiger partial charge in [0.05, 0.1) is 12.2 Å². The molecule has 1 fully saturated rings. The minimum atomic E-state index is -0.279. The molecule has 3 aromatic rings. The van der Waals surface area contributed by atoms with Crippen molar-refractivity contribution in [2.45, 2.75) is 13.8 Å². The van der Waals surface area contributed by atoms with Gasteiger partial charge in [0.1, 0.15) is 5.82 Å². The molecule has 1 aromatic heterocycles. The summed E-state index contributed by atoms with van der Waals surface area (Å²) >= 11 is 0. The lowest BCUT2D eigenvalue weighted by molar-refractivity contribution is -0.117. The topological polar surface area (TPSA) is 53.4 Å². The van der Waals surface area contributed by atoms with E-state index in [1.165, 1.54) is 6.07 Å². The number of carbonyl (C=O) groups excluding carboxylic acids is 1. The zero-order chi connectivity index (χ0) is 21.1. The van der Waals surface area contributed by atoms with Gasteiger partial charge >= 0.3 is 0 Å². The summed E-state index contributed by atoms with van der Waals surface area (Å²) in [6.45, 7) is 7.32. The van der Waals surface area contributed by atoms with Crippen molar-refractivity contribution in [1.82, 2.24) is 14.5 Å². The fourth-order valence-corrected chi connectivity index (χ4v) is 3.92. The summed E-state index contributed by atoms with van der Waals surface area (Å²) in [7, 11) is 0. The van der Waals surface area contributed by atoms with Crippen molar-refractivity contribution >= 4 is 17.5 Å². The van der Waals surface area contributed by atoms with Crippen molar-refractivity contribution in [1.29, 1.82) is 0 Å². The highest BCUT2D eigenvalue weighted by atomic mass is 19.1. The molecule has 0 bridgehead atoms. The van der Waals surface area contributed by atoms with E-state index in [2.05, 4.69) is 26.2 Å². The molecule has 1 amide bonds.